The monoisotopic (exact) mass is 219 g/mol. The molecule has 1 unspecified atom stereocenters. The molecule has 2 aromatic rings. The SMILES string of the molecule is CCCC(C)Cc1c[nH]c2c(F)cccc12. The second-order valence-electron chi connectivity index (χ2n) is 4.57. The Bertz CT molecular complexity index is 473. The Kier molecular flexibility index (Phi) is 3.28. The van der Waals surface area contributed by atoms with Crippen LogP contribution in [0.15, 0.2) is 24.4 Å². The number of benzene rings is 1. The third-order valence-corrected chi connectivity index (χ3v) is 3.10. The molecule has 0 spiro atoms. The molecule has 0 radical (unpaired) electrons. The van der Waals surface area contributed by atoms with Crippen LogP contribution in [-0.2, 0) is 6.42 Å². The van der Waals surface area contributed by atoms with E-state index in [1.165, 1.54) is 24.5 Å². The summed E-state index contributed by atoms with van der Waals surface area (Å²) in [5, 5.41) is 1.03. The molecule has 0 aliphatic rings. The van der Waals surface area contributed by atoms with E-state index >= 15 is 0 Å². The molecule has 1 atom stereocenters. The molecular formula is C14H18FN. The maximum absolute atomic E-state index is 13.5. The number of nitrogens with one attached hydrogen (secondary N) is 1. The van der Waals surface area contributed by atoms with Gasteiger partial charge in [0.1, 0.15) is 5.82 Å². The Balaban J connectivity index is 2.28. The van der Waals surface area contributed by atoms with Gasteiger partial charge >= 0.3 is 0 Å². The highest BCUT2D eigenvalue weighted by molar-refractivity contribution is 5.83. The minimum atomic E-state index is -0.160. The fraction of sp³-hybridized carbons (Fsp3) is 0.429. The summed E-state index contributed by atoms with van der Waals surface area (Å²) in [6.07, 6.45) is 5.40. The molecule has 1 aromatic heterocycles. The summed E-state index contributed by atoms with van der Waals surface area (Å²) in [5.74, 6) is 0.499. The molecule has 86 valence electrons. The van der Waals surface area contributed by atoms with Crippen LogP contribution in [0.4, 0.5) is 4.39 Å². The van der Waals surface area contributed by atoms with Crippen LogP contribution in [0.5, 0.6) is 0 Å². The smallest absolute Gasteiger partial charge is 0.147 e. The highest BCUT2D eigenvalue weighted by atomic mass is 19.1. The third-order valence-electron chi connectivity index (χ3n) is 3.10. The lowest BCUT2D eigenvalue weighted by Gasteiger charge is -2.08. The van der Waals surface area contributed by atoms with Crippen LogP contribution in [0.25, 0.3) is 10.9 Å². The van der Waals surface area contributed by atoms with Gasteiger partial charge in [-0.3, -0.25) is 0 Å². The third kappa shape index (κ3) is 2.11. The number of aromatic nitrogens is 1. The summed E-state index contributed by atoms with van der Waals surface area (Å²) in [4.78, 5) is 3.03. The molecule has 1 nitrogen and oxygen atoms in total. The molecule has 0 aliphatic carbocycles. The topological polar surface area (TPSA) is 15.8 Å². The van der Waals surface area contributed by atoms with E-state index in [2.05, 4.69) is 18.8 Å². The van der Waals surface area contributed by atoms with E-state index in [0.29, 0.717) is 11.4 Å². The van der Waals surface area contributed by atoms with Gasteiger partial charge in [0.05, 0.1) is 5.52 Å². The standard InChI is InChI=1S/C14H18FN/c1-3-5-10(2)8-11-9-16-14-12(11)6-4-7-13(14)15/h4,6-7,9-10,16H,3,5,8H2,1-2H3. The molecule has 1 N–H and O–H groups in total. The normalized spacial score (nSPS) is 13.2. The average molecular weight is 219 g/mol. The number of aromatic amines is 1. The van der Waals surface area contributed by atoms with Crippen LogP contribution < -0.4 is 0 Å². The van der Waals surface area contributed by atoms with E-state index in [1.807, 2.05) is 12.3 Å². The summed E-state index contributed by atoms with van der Waals surface area (Å²) >= 11 is 0. The van der Waals surface area contributed by atoms with Crippen molar-refractivity contribution < 1.29 is 4.39 Å². The van der Waals surface area contributed by atoms with Crippen molar-refractivity contribution in [2.45, 2.75) is 33.1 Å². The summed E-state index contributed by atoms with van der Waals surface area (Å²) in [7, 11) is 0. The molecular weight excluding hydrogens is 201 g/mol. The van der Waals surface area contributed by atoms with E-state index in [9.17, 15) is 4.39 Å². The second-order valence-corrected chi connectivity index (χ2v) is 4.57. The lowest BCUT2D eigenvalue weighted by molar-refractivity contribution is 0.524. The van der Waals surface area contributed by atoms with Gasteiger partial charge in [0.2, 0.25) is 0 Å². The Morgan fingerprint density at radius 3 is 2.94 bits per heavy atom. The van der Waals surface area contributed by atoms with Gasteiger partial charge in [-0.05, 0) is 24.0 Å². The number of fused-ring (bicyclic) bond motifs is 1. The van der Waals surface area contributed by atoms with E-state index in [0.717, 1.165) is 11.8 Å². The van der Waals surface area contributed by atoms with Gasteiger partial charge in [-0.25, -0.2) is 4.39 Å². The summed E-state index contributed by atoms with van der Waals surface area (Å²) in [5.41, 5.74) is 1.87. The lowest BCUT2D eigenvalue weighted by Crippen LogP contribution is -1.98. The number of halogens is 1. The molecule has 2 rings (SSSR count). The van der Waals surface area contributed by atoms with E-state index in [1.54, 1.807) is 6.07 Å². The summed E-state index contributed by atoms with van der Waals surface area (Å²) in [6.45, 7) is 4.45. The molecule has 0 amide bonds. The minimum Gasteiger partial charge on any atom is -0.359 e. The van der Waals surface area contributed by atoms with Crippen LogP contribution in [0.3, 0.4) is 0 Å². The zero-order valence-electron chi connectivity index (χ0n) is 9.89. The van der Waals surface area contributed by atoms with Crippen molar-refractivity contribution in [2.24, 2.45) is 5.92 Å². The first-order valence-electron chi connectivity index (χ1n) is 5.96. The lowest BCUT2D eigenvalue weighted by atomic mass is 9.97. The van der Waals surface area contributed by atoms with Gasteiger partial charge in [-0.15, -0.1) is 0 Å². The van der Waals surface area contributed by atoms with Gasteiger partial charge < -0.3 is 4.98 Å². The second kappa shape index (κ2) is 4.69. The zero-order chi connectivity index (χ0) is 11.5. The molecule has 0 saturated carbocycles. The Morgan fingerprint density at radius 1 is 1.38 bits per heavy atom. The molecule has 16 heavy (non-hydrogen) atoms. The fourth-order valence-corrected chi connectivity index (χ4v) is 2.31. The van der Waals surface area contributed by atoms with Crippen molar-refractivity contribution in [3.63, 3.8) is 0 Å². The van der Waals surface area contributed by atoms with Crippen molar-refractivity contribution in [1.29, 1.82) is 0 Å². The van der Waals surface area contributed by atoms with Gasteiger partial charge in [0.15, 0.2) is 0 Å². The molecule has 2 heteroatoms. The number of hydrogen-bond donors (Lipinski definition) is 1. The van der Waals surface area contributed by atoms with Crippen molar-refractivity contribution in [2.75, 3.05) is 0 Å². The van der Waals surface area contributed by atoms with Crippen molar-refractivity contribution in [3.8, 4) is 0 Å². The van der Waals surface area contributed by atoms with Gasteiger partial charge in [-0.2, -0.15) is 0 Å². The zero-order valence-corrected chi connectivity index (χ0v) is 9.89. The van der Waals surface area contributed by atoms with E-state index in [4.69, 9.17) is 0 Å². The largest absolute Gasteiger partial charge is 0.359 e. The van der Waals surface area contributed by atoms with Crippen molar-refractivity contribution >= 4 is 10.9 Å². The number of rotatable bonds is 4. The van der Waals surface area contributed by atoms with Crippen LogP contribution in [0.2, 0.25) is 0 Å². The highest BCUT2D eigenvalue weighted by Crippen LogP contribution is 2.24. The first-order valence-corrected chi connectivity index (χ1v) is 5.96. The number of para-hydroxylation sites is 1. The fourth-order valence-electron chi connectivity index (χ4n) is 2.31. The first-order chi connectivity index (χ1) is 7.72. The highest BCUT2D eigenvalue weighted by Gasteiger charge is 2.09. The molecule has 0 saturated heterocycles. The molecule has 0 fully saturated rings. The maximum atomic E-state index is 13.5. The van der Waals surface area contributed by atoms with Crippen molar-refractivity contribution in [1.82, 2.24) is 4.98 Å². The predicted octanol–water partition coefficient (Wildman–Crippen LogP) is 4.29. The van der Waals surface area contributed by atoms with Gasteiger partial charge in [0, 0.05) is 11.6 Å². The minimum absolute atomic E-state index is 0.160. The average Bonchev–Trinajstić information content (AvgIpc) is 2.64. The van der Waals surface area contributed by atoms with Crippen LogP contribution in [0.1, 0.15) is 32.3 Å². The van der Waals surface area contributed by atoms with Crippen LogP contribution >= 0.6 is 0 Å². The molecule has 0 bridgehead atoms. The van der Waals surface area contributed by atoms with Crippen LogP contribution in [0, 0.1) is 11.7 Å². The summed E-state index contributed by atoms with van der Waals surface area (Å²) in [6, 6.07) is 5.26. The predicted molar refractivity (Wildman–Crippen MR) is 66.0 cm³/mol. The quantitative estimate of drug-likeness (QED) is 0.789. The van der Waals surface area contributed by atoms with Crippen molar-refractivity contribution in [3.05, 3.63) is 35.8 Å². The summed E-state index contributed by atoms with van der Waals surface area (Å²) < 4.78 is 13.5. The Morgan fingerprint density at radius 2 is 2.19 bits per heavy atom. The van der Waals surface area contributed by atoms with Gasteiger partial charge in [0.25, 0.3) is 0 Å². The van der Waals surface area contributed by atoms with Gasteiger partial charge in [-0.1, -0.05) is 38.8 Å². The van der Waals surface area contributed by atoms with Crippen LogP contribution in [-0.4, -0.2) is 4.98 Å². The maximum Gasteiger partial charge on any atom is 0.147 e. The molecule has 1 heterocycles. The molecule has 0 aliphatic heterocycles. The molecule has 1 aromatic carbocycles. The van der Waals surface area contributed by atoms with E-state index in [-0.39, 0.29) is 5.82 Å². The first kappa shape index (κ1) is 11.2. The number of hydrogen-bond acceptors (Lipinski definition) is 0. The van der Waals surface area contributed by atoms with E-state index < -0.39 is 0 Å². The Hall–Kier alpha value is -1.31. The number of H-pyrrole nitrogens is 1. The Labute approximate surface area is 95.7 Å².